The van der Waals surface area contributed by atoms with Gasteiger partial charge in [-0.05, 0) is 4.99 Å². The maximum absolute atomic E-state index is 11.2. The van der Waals surface area contributed by atoms with Crippen LogP contribution in [0, 0.1) is 0 Å². The largest absolute Gasteiger partial charge is 0.464 e. The van der Waals surface area contributed by atoms with Crippen molar-refractivity contribution < 1.29 is 18.7 Å². The van der Waals surface area contributed by atoms with Gasteiger partial charge in [0.05, 0.1) is 19.6 Å². The highest BCUT2D eigenvalue weighted by Crippen LogP contribution is 2.08. The highest BCUT2D eigenvalue weighted by atomic mass is 79.9. The quantitative estimate of drug-likeness (QED) is 0.596. The van der Waals surface area contributed by atoms with Crippen molar-refractivity contribution in [3.05, 3.63) is 41.1 Å². The van der Waals surface area contributed by atoms with Crippen molar-refractivity contribution >= 4 is 21.9 Å². The standard InChI is InChI=1S/C12H14BrNO4/c1-16-9(5-3-4-6-13)7-11-14-10(8-18-11)12(15)17-2/h3-6,8-9H,7H2,1-2H3/b5-3+,6-4-. The van der Waals surface area contributed by atoms with Crippen molar-refractivity contribution in [1.82, 2.24) is 4.98 Å². The Kier molecular flexibility index (Phi) is 6.38. The molecule has 0 bridgehead atoms. The summed E-state index contributed by atoms with van der Waals surface area (Å²) < 4.78 is 15.0. The van der Waals surface area contributed by atoms with Crippen LogP contribution in [0.15, 0.2) is 33.9 Å². The molecular weight excluding hydrogens is 302 g/mol. The second kappa shape index (κ2) is 7.84. The summed E-state index contributed by atoms with van der Waals surface area (Å²) in [5.41, 5.74) is 0.159. The van der Waals surface area contributed by atoms with E-state index >= 15 is 0 Å². The van der Waals surface area contributed by atoms with Crippen LogP contribution in [-0.2, 0) is 15.9 Å². The molecule has 1 aromatic rings. The zero-order valence-electron chi connectivity index (χ0n) is 10.1. The third-order valence-corrected chi connectivity index (χ3v) is 2.44. The molecule has 0 fully saturated rings. The number of hydrogen-bond acceptors (Lipinski definition) is 5. The van der Waals surface area contributed by atoms with Crippen LogP contribution in [0.25, 0.3) is 0 Å². The normalized spacial score (nSPS) is 13.3. The minimum atomic E-state index is -0.517. The summed E-state index contributed by atoms with van der Waals surface area (Å²) in [5, 5.41) is 0. The van der Waals surface area contributed by atoms with Gasteiger partial charge in [-0.25, -0.2) is 9.78 Å². The third kappa shape index (κ3) is 4.46. The van der Waals surface area contributed by atoms with E-state index in [1.54, 1.807) is 12.1 Å². The molecular formula is C12H14BrNO4. The summed E-state index contributed by atoms with van der Waals surface area (Å²) in [6, 6.07) is 0. The lowest BCUT2D eigenvalue weighted by Crippen LogP contribution is -2.11. The maximum Gasteiger partial charge on any atom is 0.360 e. The summed E-state index contributed by atoms with van der Waals surface area (Å²) in [6.07, 6.45) is 7.07. The second-order valence-corrected chi connectivity index (χ2v) is 3.83. The van der Waals surface area contributed by atoms with Crippen molar-refractivity contribution in [3.63, 3.8) is 0 Å². The number of nitrogens with zero attached hydrogens (tertiary/aromatic N) is 1. The number of ether oxygens (including phenoxy) is 2. The van der Waals surface area contributed by atoms with Crippen molar-refractivity contribution in [2.45, 2.75) is 12.5 Å². The average molecular weight is 316 g/mol. The fraction of sp³-hybridized carbons (Fsp3) is 0.333. The average Bonchev–Trinajstić information content (AvgIpc) is 2.85. The molecule has 0 saturated heterocycles. The number of allylic oxidation sites excluding steroid dienone is 2. The topological polar surface area (TPSA) is 61.6 Å². The first-order valence-corrected chi connectivity index (χ1v) is 6.12. The molecule has 0 saturated carbocycles. The van der Waals surface area contributed by atoms with E-state index in [0.29, 0.717) is 12.3 Å². The number of aromatic nitrogens is 1. The zero-order chi connectivity index (χ0) is 13.4. The summed E-state index contributed by atoms with van der Waals surface area (Å²) in [5.74, 6) is -0.0912. The molecule has 0 aliphatic heterocycles. The number of hydrogen-bond donors (Lipinski definition) is 0. The van der Waals surface area contributed by atoms with E-state index in [-0.39, 0.29) is 11.8 Å². The van der Waals surface area contributed by atoms with Crippen molar-refractivity contribution in [3.8, 4) is 0 Å². The lowest BCUT2D eigenvalue weighted by atomic mass is 10.2. The molecule has 1 heterocycles. The zero-order valence-corrected chi connectivity index (χ0v) is 11.7. The summed E-state index contributed by atoms with van der Waals surface area (Å²) >= 11 is 3.16. The van der Waals surface area contributed by atoms with E-state index in [2.05, 4.69) is 25.7 Å². The second-order valence-electron chi connectivity index (χ2n) is 3.30. The minimum absolute atomic E-state index is 0.159. The Labute approximate surface area is 114 Å². The number of carbonyl (C=O) groups excluding carboxylic acids is 1. The Morgan fingerprint density at radius 1 is 1.56 bits per heavy atom. The van der Waals surface area contributed by atoms with Crippen LogP contribution in [0.2, 0.25) is 0 Å². The van der Waals surface area contributed by atoms with Gasteiger partial charge in [0.1, 0.15) is 6.26 Å². The van der Waals surface area contributed by atoms with E-state index in [1.165, 1.54) is 13.4 Å². The van der Waals surface area contributed by atoms with E-state index in [0.717, 1.165) is 0 Å². The summed E-state index contributed by atoms with van der Waals surface area (Å²) in [4.78, 5) is 16.9. The Morgan fingerprint density at radius 3 is 2.94 bits per heavy atom. The predicted molar refractivity (Wildman–Crippen MR) is 69.6 cm³/mol. The monoisotopic (exact) mass is 315 g/mol. The minimum Gasteiger partial charge on any atom is -0.464 e. The van der Waals surface area contributed by atoms with Gasteiger partial charge in [0.15, 0.2) is 11.6 Å². The van der Waals surface area contributed by atoms with Crippen LogP contribution in [-0.4, -0.2) is 31.3 Å². The van der Waals surface area contributed by atoms with E-state index < -0.39 is 5.97 Å². The van der Waals surface area contributed by atoms with Crippen molar-refractivity contribution in [2.75, 3.05) is 14.2 Å². The molecule has 5 nitrogen and oxygen atoms in total. The Balaban J connectivity index is 2.64. The number of esters is 1. The Bertz CT molecular complexity index is 439. The SMILES string of the molecule is COC(=O)c1coc(CC(/C=C/C=C\Br)OC)n1. The van der Waals surface area contributed by atoms with Gasteiger partial charge in [0.2, 0.25) is 0 Å². The van der Waals surface area contributed by atoms with Crippen LogP contribution < -0.4 is 0 Å². The van der Waals surface area contributed by atoms with Gasteiger partial charge in [0, 0.05) is 7.11 Å². The van der Waals surface area contributed by atoms with E-state index in [4.69, 9.17) is 9.15 Å². The molecule has 0 aliphatic rings. The highest BCUT2D eigenvalue weighted by molar-refractivity contribution is 9.11. The van der Waals surface area contributed by atoms with Crippen molar-refractivity contribution in [1.29, 1.82) is 0 Å². The Hall–Kier alpha value is -1.40. The summed E-state index contributed by atoms with van der Waals surface area (Å²) in [7, 11) is 2.89. The molecule has 18 heavy (non-hydrogen) atoms. The molecule has 1 aromatic heterocycles. The van der Waals surface area contributed by atoms with Gasteiger partial charge in [-0.3, -0.25) is 0 Å². The van der Waals surface area contributed by atoms with Gasteiger partial charge in [0.25, 0.3) is 0 Å². The molecule has 6 heteroatoms. The smallest absolute Gasteiger partial charge is 0.360 e. The predicted octanol–water partition coefficient (Wildman–Crippen LogP) is 2.48. The number of carbonyl (C=O) groups is 1. The molecule has 0 aromatic carbocycles. The van der Waals surface area contributed by atoms with Crippen LogP contribution in [0.1, 0.15) is 16.4 Å². The first kappa shape index (κ1) is 14.7. The molecule has 0 amide bonds. The fourth-order valence-electron chi connectivity index (χ4n) is 1.24. The maximum atomic E-state index is 11.2. The lowest BCUT2D eigenvalue weighted by Gasteiger charge is -2.06. The van der Waals surface area contributed by atoms with Gasteiger partial charge in [-0.1, -0.05) is 34.2 Å². The van der Waals surface area contributed by atoms with Gasteiger partial charge in [-0.2, -0.15) is 0 Å². The molecule has 1 atom stereocenters. The Morgan fingerprint density at radius 2 is 2.33 bits per heavy atom. The molecule has 0 spiro atoms. The van der Waals surface area contributed by atoms with E-state index in [1.807, 2.05) is 18.2 Å². The molecule has 0 aliphatic carbocycles. The van der Waals surface area contributed by atoms with Gasteiger partial charge in [-0.15, -0.1) is 0 Å². The molecule has 1 rings (SSSR count). The van der Waals surface area contributed by atoms with Crippen LogP contribution in [0.5, 0.6) is 0 Å². The number of halogens is 1. The van der Waals surface area contributed by atoms with Crippen LogP contribution in [0.3, 0.4) is 0 Å². The molecule has 0 radical (unpaired) electrons. The lowest BCUT2D eigenvalue weighted by molar-refractivity contribution is 0.0594. The van der Waals surface area contributed by atoms with Gasteiger partial charge >= 0.3 is 5.97 Å². The molecule has 1 unspecified atom stereocenters. The molecule has 98 valence electrons. The first-order chi connectivity index (χ1) is 8.71. The number of methoxy groups -OCH3 is 2. The fourth-order valence-corrected chi connectivity index (χ4v) is 1.41. The first-order valence-electron chi connectivity index (χ1n) is 5.20. The number of oxazole rings is 1. The number of rotatable bonds is 6. The highest BCUT2D eigenvalue weighted by Gasteiger charge is 2.14. The van der Waals surface area contributed by atoms with Crippen LogP contribution in [0.4, 0.5) is 0 Å². The van der Waals surface area contributed by atoms with Gasteiger partial charge < -0.3 is 13.9 Å². The van der Waals surface area contributed by atoms with Crippen molar-refractivity contribution in [2.24, 2.45) is 0 Å². The van der Waals surface area contributed by atoms with E-state index in [9.17, 15) is 4.79 Å². The molecule has 0 N–H and O–H groups in total. The van der Waals surface area contributed by atoms with Crippen LogP contribution >= 0.6 is 15.9 Å². The summed E-state index contributed by atoms with van der Waals surface area (Å²) in [6.45, 7) is 0. The third-order valence-electron chi connectivity index (χ3n) is 2.13.